The van der Waals surface area contributed by atoms with Crippen molar-refractivity contribution in [2.24, 2.45) is 0 Å². The average Bonchev–Trinajstić information content (AvgIpc) is 2.59. The molecule has 2 aromatic rings. The van der Waals surface area contributed by atoms with Crippen molar-refractivity contribution in [2.75, 3.05) is 13.7 Å². The van der Waals surface area contributed by atoms with Gasteiger partial charge in [-0.05, 0) is 36.2 Å². The van der Waals surface area contributed by atoms with Gasteiger partial charge in [0.15, 0.2) is 6.61 Å². The molecule has 0 bridgehead atoms. The molecule has 0 aliphatic heterocycles. The molecule has 0 heterocycles. The molecule has 0 radical (unpaired) electrons. The van der Waals surface area contributed by atoms with Crippen LogP contribution in [0.2, 0.25) is 5.02 Å². The van der Waals surface area contributed by atoms with E-state index >= 15 is 0 Å². The molecule has 0 aliphatic carbocycles. The molecule has 1 N–H and O–H groups in total. The van der Waals surface area contributed by atoms with Crippen LogP contribution >= 0.6 is 11.6 Å². The van der Waals surface area contributed by atoms with Crippen molar-refractivity contribution in [1.29, 1.82) is 0 Å². The van der Waals surface area contributed by atoms with E-state index in [9.17, 15) is 4.79 Å². The first-order valence-electron chi connectivity index (χ1n) is 7.43. The molecule has 0 atom stereocenters. The quantitative estimate of drug-likeness (QED) is 0.842. The van der Waals surface area contributed by atoms with Crippen molar-refractivity contribution < 1.29 is 14.3 Å². The minimum absolute atomic E-state index is 0.0417. The third-order valence-electron chi connectivity index (χ3n) is 3.44. The molecule has 1 amide bonds. The van der Waals surface area contributed by atoms with Crippen LogP contribution in [-0.2, 0) is 17.8 Å². The van der Waals surface area contributed by atoms with Crippen LogP contribution in [0.5, 0.6) is 11.5 Å². The summed E-state index contributed by atoms with van der Waals surface area (Å²) in [5.41, 5.74) is 1.92. The summed E-state index contributed by atoms with van der Waals surface area (Å²) in [6.45, 7) is 2.37. The van der Waals surface area contributed by atoms with Crippen LogP contribution in [0.25, 0.3) is 0 Å². The van der Waals surface area contributed by atoms with Gasteiger partial charge < -0.3 is 14.8 Å². The van der Waals surface area contributed by atoms with Crippen LogP contribution < -0.4 is 14.8 Å². The summed E-state index contributed by atoms with van der Waals surface area (Å²) in [6, 6.07) is 13.0. The van der Waals surface area contributed by atoms with Crippen LogP contribution in [0.15, 0.2) is 42.5 Å². The fraction of sp³-hybridized carbons (Fsp3) is 0.278. The monoisotopic (exact) mass is 333 g/mol. The number of carbonyl (C=O) groups excluding carboxylic acids is 1. The van der Waals surface area contributed by atoms with Gasteiger partial charge in [0.2, 0.25) is 0 Å². The van der Waals surface area contributed by atoms with Crippen LogP contribution in [0, 0.1) is 0 Å². The number of methoxy groups -OCH3 is 1. The van der Waals surface area contributed by atoms with Gasteiger partial charge in [0.1, 0.15) is 11.5 Å². The lowest BCUT2D eigenvalue weighted by atomic mass is 10.1. The van der Waals surface area contributed by atoms with Crippen LogP contribution in [0.1, 0.15) is 18.1 Å². The van der Waals surface area contributed by atoms with E-state index in [4.69, 9.17) is 21.1 Å². The molecule has 0 saturated heterocycles. The number of rotatable bonds is 7. The maximum absolute atomic E-state index is 11.9. The highest BCUT2D eigenvalue weighted by Gasteiger charge is 2.07. The molecule has 4 nitrogen and oxygen atoms in total. The Bertz CT molecular complexity index is 673. The Morgan fingerprint density at radius 1 is 1.17 bits per heavy atom. The topological polar surface area (TPSA) is 47.6 Å². The van der Waals surface area contributed by atoms with Gasteiger partial charge in [-0.15, -0.1) is 0 Å². The Morgan fingerprint density at radius 2 is 1.96 bits per heavy atom. The summed E-state index contributed by atoms with van der Waals surface area (Å²) >= 11 is 6.06. The number of nitrogens with one attached hydrogen (secondary N) is 1. The van der Waals surface area contributed by atoms with E-state index in [2.05, 4.69) is 5.32 Å². The highest BCUT2D eigenvalue weighted by Crippen LogP contribution is 2.22. The number of ether oxygens (including phenoxy) is 2. The normalized spacial score (nSPS) is 10.2. The molecule has 122 valence electrons. The first-order chi connectivity index (χ1) is 11.1. The standard InChI is InChI=1S/C18H20ClNO3/c1-3-13-10-15(8-9-16(13)19)23-12-18(21)20-11-14-6-4-5-7-17(14)22-2/h4-10H,3,11-12H2,1-2H3,(H,20,21). The van der Waals surface area contributed by atoms with Gasteiger partial charge in [-0.3, -0.25) is 4.79 Å². The van der Waals surface area contributed by atoms with Crippen molar-refractivity contribution in [3.63, 3.8) is 0 Å². The van der Waals surface area contributed by atoms with Gasteiger partial charge in [0, 0.05) is 17.1 Å². The number of benzene rings is 2. The summed E-state index contributed by atoms with van der Waals surface area (Å²) in [5, 5.41) is 3.52. The van der Waals surface area contributed by atoms with Gasteiger partial charge in [-0.2, -0.15) is 0 Å². The second-order valence-electron chi connectivity index (χ2n) is 4.98. The van der Waals surface area contributed by atoms with Crippen molar-refractivity contribution in [3.8, 4) is 11.5 Å². The highest BCUT2D eigenvalue weighted by molar-refractivity contribution is 6.31. The third kappa shape index (κ3) is 4.89. The van der Waals surface area contributed by atoms with Crippen molar-refractivity contribution in [1.82, 2.24) is 5.32 Å². The van der Waals surface area contributed by atoms with E-state index in [1.54, 1.807) is 19.2 Å². The maximum Gasteiger partial charge on any atom is 0.258 e. The molecule has 2 aromatic carbocycles. The zero-order valence-corrected chi connectivity index (χ0v) is 14.0. The predicted octanol–water partition coefficient (Wildman–Crippen LogP) is 3.61. The smallest absolute Gasteiger partial charge is 0.258 e. The van der Waals surface area contributed by atoms with Crippen LogP contribution in [0.4, 0.5) is 0 Å². The molecule has 5 heteroatoms. The summed E-state index contributed by atoms with van der Waals surface area (Å²) in [7, 11) is 1.61. The van der Waals surface area contributed by atoms with Crippen molar-refractivity contribution >= 4 is 17.5 Å². The van der Waals surface area contributed by atoms with Gasteiger partial charge in [0.25, 0.3) is 5.91 Å². The fourth-order valence-electron chi connectivity index (χ4n) is 2.15. The summed E-state index contributed by atoms with van der Waals surface area (Å²) in [4.78, 5) is 11.9. The Kier molecular flexibility index (Phi) is 6.29. The number of para-hydroxylation sites is 1. The fourth-order valence-corrected chi connectivity index (χ4v) is 2.41. The lowest BCUT2D eigenvalue weighted by molar-refractivity contribution is -0.123. The van der Waals surface area contributed by atoms with Gasteiger partial charge in [-0.25, -0.2) is 0 Å². The minimum Gasteiger partial charge on any atom is -0.496 e. The molecule has 0 aliphatic rings. The number of hydrogen-bond donors (Lipinski definition) is 1. The zero-order chi connectivity index (χ0) is 16.7. The highest BCUT2D eigenvalue weighted by atomic mass is 35.5. The molecular weight excluding hydrogens is 314 g/mol. The van der Waals surface area contributed by atoms with E-state index in [1.165, 1.54) is 0 Å². The average molecular weight is 334 g/mol. The maximum atomic E-state index is 11.9. The molecule has 23 heavy (non-hydrogen) atoms. The SMILES string of the molecule is CCc1cc(OCC(=O)NCc2ccccc2OC)ccc1Cl. The third-order valence-corrected chi connectivity index (χ3v) is 3.81. The number of aryl methyl sites for hydroxylation is 1. The van der Waals surface area contributed by atoms with E-state index in [-0.39, 0.29) is 12.5 Å². The molecule has 0 spiro atoms. The van der Waals surface area contributed by atoms with Gasteiger partial charge in [0.05, 0.1) is 7.11 Å². The Hall–Kier alpha value is -2.20. The number of amides is 1. The molecule has 2 rings (SSSR count). The predicted molar refractivity (Wildman–Crippen MR) is 91.2 cm³/mol. The summed E-state index contributed by atoms with van der Waals surface area (Å²) < 4.78 is 10.8. The van der Waals surface area contributed by atoms with E-state index in [1.807, 2.05) is 37.3 Å². The largest absolute Gasteiger partial charge is 0.496 e. The molecule has 0 aromatic heterocycles. The van der Waals surface area contributed by atoms with Crippen molar-refractivity contribution in [2.45, 2.75) is 19.9 Å². The Balaban J connectivity index is 1.86. The van der Waals surface area contributed by atoms with Gasteiger partial charge >= 0.3 is 0 Å². The summed E-state index contributed by atoms with van der Waals surface area (Å²) in [6.07, 6.45) is 0.816. The number of halogens is 1. The second-order valence-corrected chi connectivity index (χ2v) is 5.39. The summed E-state index contributed by atoms with van der Waals surface area (Å²) in [5.74, 6) is 1.20. The molecule has 0 saturated carbocycles. The minimum atomic E-state index is -0.191. The first-order valence-corrected chi connectivity index (χ1v) is 7.81. The Labute approximate surface area is 141 Å². The van der Waals surface area contributed by atoms with E-state index in [0.717, 1.165) is 23.3 Å². The molecular formula is C18H20ClNO3. The van der Waals surface area contributed by atoms with E-state index < -0.39 is 0 Å². The van der Waals surface area contributed by atoms with E-state index in [0.29, 0.717) is 17.3 Å². The number of carbonyl (C=O) groups is 1. The van der Waals surface area contributed by atoms with Gasteiger partial charge in [-0.1, -0.05) is 36.7 Å². The van der Waals surface area contributed by atoms with Crippen molar-refractivity contribution in [3.05, 3.63) is 58.6 Å². The zero-order valence-electron chi connectivity index (χ0n) is 13.3. The van der Waals surface area contributed by atoms with Crippen LogP contribution in [0.3, 0.4) is 0 Å². The lowest BCUT2D eigenvalue weighted by Gasteiger charge is -2.11. The van der Waals surface area contributed by atoms with Crippen LogP contribution in [-0.4, -0.2) is 19.6 Å². The Morgan fingerprint density at radius 3 is 2.70 bits per heavy atom. The second kappa shape index (κ2) is 8.44. The number of hydrogen-bond acceptors (Lipinski definition) is 3. The lowest BCUT2D eigenvalue weighted by Crippen LogP contribution is -2.28. The first kappa shape index (κ1) is 17.2. The molecule has 0 fully saturated rings. The molecule has 0 unspecified atom stereocenters.